The molecule has 1 N–H and O–H groups in total. The molecule has 0 amide bonds. The van der Waals surface area contributed by atoms with Gasteiger partial charge in [0.25, 0.3) is 0 Å². The Kier molecular flexibility index (Phi) is 4.22. The Hall–Kier alpha value is -3.22. The van der Waals surface area contributed by atoms with Gasteiger partial charge in [0.15, 0.2) is 5.43 Å². The fraction of sp³-hybridized carbons (Fsp3) is 0.227. The van der Waals surface area contributed by atoms with Gasteiger partial charge in [-0.05, 0) is 46.7 Å². The number of hydrogen-bond donors (Lipinski definition) is 1. The number of hydrogen-bond acceptors (Lipinski definition) is 2. The smallest absolute Gasteiger partial charge is 0.406 e. The minimum absolute atomic E-state index is 0.240. The van der Waals surface area contributed by atoms with Crippen molar-refractivity contribution in [1.29, 1.82) is 0 Å². The molecule has 29 heavy (non-hydrogen) atoms. The standard InChI is InChI=1S/C22H19F3N2O2/c1-21(2,3)16-10-13-6-8-26-17(13)12-19(16)27-9-7-20(28)15-5-4-14(11-18(15)27)29-22(23,24)25/h4-12,26H,1-3H3. The highest BCUT2D eigenvalue weighted by Gasteiger charge is 2.31. The lowest BCUT2D eigenvalue weighted by Crippen LogP contribution is -2.18. The highest BCUT2D eigenvalue weighted by molar-refractivity contribution is 5.86. The number of halogens is 3. The third-order valence-electron chi connectivity index (χ3n) is 4.84. The predicted molar refractivity (Wildman–Crippen MR) is 107 cm³/mol. The van der Waals surface area contributed by atoms with E-state index in [2.05, 4.69) is 36.6 Å². The number of fused-ring (bicyclic) bond motifs is 2. The molecule has 7 heteroatoms. The number of benzene rings is 2. The molecular formula is C22H19F3N2O2. The first kappa shape index (κ1) is 19.1. The van der Waals surface area contributed by atoms with Crippen molar-refractivity contribution in [2.24, 2.45) is 0 Å². The highest BCUT2D eigenvalue weighted by Crippen LogP contribution is 2.34. The van der Waals surface area contributed by atoms with E-state index in [0.29, 0.717) is 10.9 Å². The first-order valence-corrected chi connectivity index (χ1v) is 9.06. The predicted octanol–water partition coefficient (Wildman–Crippen LogP) is 5.67. The molecular weight excluding hydrogens is 381 g/mol. The topological polar surface area (TPSA) is 47.0 Å². The Morgan fingerprint density at radius 2 is 1.76 bits per heavy atom. The van der Waals surface area contributed by atoms with Gasteiger partial charge in [-0.3, -0.25) is 4.79 Å². The summed E-state index contributed by atoms with van der Waals surface area (Å²) >= 11 is 0. The van der Waals surface area contributed by atoms with Crippen LogP contribution in [0.3, 0.4) is 0 Å². The average molecular weight is 400 g/mol. The van der Waals surface area contributed by atoms with Gasteiger partial charge in [0.05, 0.1) is 11.2 Å². The lowest BCUT2D eigenvalue weighted by molar-refractivity contribution is -0.274. The van der Waals surface area contributed by atoms with Crippen molar-refractivity contribution in [3.63, 3.8) is 0 Å². The van der Waals surface area contributed by atoms with Crippen LogP contribution >= 0.6 is 0 Å². The Bertz CT molecular complexity index is 1280. The zero-order chi connectivity index (χ0) is 21.0. The van der Waals surface area contributed by atoms with E-state index in [4.69, 9.17) is 0 Å². The lowest BCUT2D eigenvalue weighted by Gasteiger charge is -2.25. The van der Waals surface area contributed by atoms with Crippen LogP contribution in [-0.4, -0.2) is 15.9 Å². The van der Waals surface area contributed by atoms with E-state index >= 15 is 0 Å². The molecule has 4 rings (SSSR count). The van der Waals surface area contributed by atoms with Crippen molar-refractivity contribution < 1.29 is 17.9 Å². The van der Waals surface area contributed by atoms with Crippen LogP contribution in [0.25, 0.3) is 27.5 Å². The Balaban J connectivity index is 2.04. The molecule has 2 heterocycles. The highest BCUT2D eigenvalue weighted by atomic mass is 19.4. The molecule has 4 aromatic rings. The lowest BCUT2D eigenvalue weighted by atomic mass is 9.85. The fourth-order valence-corrected chi connectivity index (χ4v) is 3.53. The number of aromatic nitrogens is 2. The average Bonchev–Trinajstić information content (AvgIpc) is 3.06. The number of H-pyrrole nitrogens is 1. The second-order valence-corrected chi connectivity index (χ2v) is 7.96. The zero-order valence-corrected chi connectivity index (χ0v) is 16.1. The summed E-state index contributed by atoms with van der Waals surface area (Å²) < 4.78 is 43.9. The van der Waals surface area contributed by atoms with E-state index in [1.165, 1.54) is 18.2 Å². The normalized spacial score (nSPS) is 12.6. The number of nitrogens with one attached hydrogen (secondary N) is 1. The van der Waals surface area contributed by atoms with Gasteiger partial charge in [0, 0.05) is 35.4 Å². The molecule has 150 valence electrons. The van der Waals surface area contributed by atoms with Gasteiger partial charge in [-0.2, -0.15) is 0 Å². The SMILES string of the molecule is CC(C)(C)c1cc2cc[nH]c2cc1-n1ccc(=O)c2ccc(OC(F)(F)F)cc21. The molecule has 0 aliphatic rings. The summed E-state index contributed by atoms with van der Waals surface area (Å²) in [5.74, 6) is -0.373. The van der Waals surface area contributed by atoms with Gasteiger partial charge in [0.2, 0.25) is 0 Å². The number of nitrogens with zero attached hydrogens (tertiary/aromatic N) is 1. The maximum Gasteiger partial charge on any atom is 0.573 e. The van der Waals surface area contributed by atoms with Gasteiger partial charge >= 0.3 is 6.36 Å². The monoisotopic (exact) mass is 400 g/mol. The van der Waals surface area contributed by atoms with Gasteiger partial charge in [-0.15, -0.1) is 13.2 Å². The Morgan fingerprint density at radius 1 is 1.00 bits per heavy atom. The number of alkyl halides is 3. The Labute approximate surface area is 164 Å². The van der Waals surface area contributed by atoms with Crippen molar-refractivity contribution in [2.75, 3.05) is 0 Å². The van der Waals surface area contributed by atoms with Crippen LogP contribution in [0.1, 0.15) is 26.3 Å². The van der Waals surface area contributed by atoms with Gasteiger partial charge in [-0.25, -0.2) is 0 Å². The summed E-state index contributed by atoms with van der Waals surface area (Å²) in [5.41, 5.74) is 2.50. The van der Waals surface area contributed by atoms with E-state index in [-0.39, 0.29) is 16.6 Å². The molecule has 0 spiro atoms. The molecule has 0 aliphatic heterocycles. The molecule has 0 unspecified atom stereocenters. The summed E-state index contributed by atoms with van der Waals surface area (Å²) in [6.07, 6.45) is -1.39. The molecule has 0 atom stereocenters. The molecule has 0 aliphatic carbocycles. The zero-order valence-electron chi connectivity index (χ0n) is 16.1. The third-order valence-corrected chi connectivity index (χ3v) is 4.84. The van der Waals surface area contributed by atoms with Crippen LogP contribution in [0.15, 0.2) is 59.7 Å². The maximum atomic E-state index is 12.7. The minimum Gasteiger partial charge on any atom is -0.406 e. The summed E-state index contributed by atoms with van der Waals surface area (Å²) in [4.78, 5) is 15.5. The fourth-order valence-electron chi connectivity index (χ4n) is 3.53. The molecule has 2 aromatic heterocycles. The Morgan fingerprint density at radius 3 is 2.45 bits per heavy atom. The van der Waals surface area contributed by atoms with E-state index < -0.39 is 6.36 Å². The second kappa shape index (κ2) is 6.40. The summed E-state index contributed by atoms with van der Waals surface area (Å²) in [6.45, 7) is 6.19. The molecule has 4 nitrogen and oxygen atoms in total. The number of ether oxygens (including phenoxy) is 1. The van der Waals surface area contributed by atoms with E-state index in [1.54, 1.807) is 10.8 Å². The summed E-state index contributed by atoms with van der Waals surface area (Å²) in [6, 6.07) is 11.1. The number of pyridine rings is 1. The largest absolute Gasteiger partial charge is 0.573 e. The van der Waals surface area contributed by atoms with Gasteiger partial charge in [-0.1, -0.05) is 20.8 Å². The molecule has 0 fully saturated rings. The van der Waals surface area contributed by atoms with Crippen LogP contribution in [-0.2, 0) is 5.41 Å². The minimum atomic E-state index is -4.81. The van der Waals surface area contributed by atoms with Crippen molar-refractivity contribution in [3.8, 4) is 11.4 Å². The summed E-state index contributed by atoms with van der Waals surface area (Å²) in [5, 5.41) is 1.35. The van der Waals surface area contributed by atoms with E-state index in [1.807, 2.05) is 18.3 Å². The number of aromatic amines is 1. The van der Waals surface area contributed by atoms with Crippen molar-refractivity contribution in [1.82, 2.24) is 9.55 Å². The van der Waals surface area contributed by atoms with Crippen LogP contribution in [0, 0.1) is 0 Å². The summed E-state index contributed by atoms with van der Waals surface area (Å²) in [7, 11) is 0. The van der Waals surface area contributed by atoms with Crippen molar-refractivity contribution in [3.05, 3.63) is 70.6 Å². The van der Waals surface area contributed by atoms with Crippen LogP contribution in [0.5, 0.6) is 5.75 Å². The van der Waals surface area contributed by atoms with E-state index in [0.717, 1.165) is 28.2 Å². The molecule has 0 saturated carbocycles. The molecule has 0 radical (unpaired) electrons. The van der Waals surface area contributed by atoms with Gasteiger partial charge < -0.3 is 14.3 Å². The first-order valence-electron chi connectivity index (χ1n) is 9.06. The quantitative estimate of drug-likeness (QED) is 0.471. The van der Waals surface area contributed by atoms with Crippen LogP contribution in [0.2, 0.25) is 0 Å². The third kappa shape index (κ3) is 3.60. The first-order chi connectivity index (χ1) is 13.5. The molecule has 0 bridgehead atoms. The molecule has 2 aromatic carbocycles. The maximum absolute atomic E-state index is 12.7. The van der Waals surface area contributed by atoms with Crippen LogP contribution < -0.4 is 10.2 Å². The van der Waals surface area contributed by atoms with Crippen molar-refractivity contribution >= 4 is 21.8 Å². The second-order valence-electron chi connectivity index (χ2n) is 7.96. The van der Waals surface area contributed by atoms with Gasteiger partial charge in [0.1, 0.15) is 5.75 Å². The molecule has 0 saturated heterocycles. The van der Waals surface area contributed by atoms with Crippen molar-refractivity contribution in [2.45, 2.75) is 32.5 Å². The van der Waals surface area contributed by atoms with E-state index in [9.17, 15) is 18.0 Å². The number of rotatable bonds is 2. The van der Waals surface area contributed by atoms with Crippen LogP contribution in [0.4, 0.5) is 13.2 Å².